The van der Waals surface area contributed by atoms with Gasteiger partial charge in [0.15, 0.2) is 0 Å². The molecule has 0 aromatic heterocycles. The normalized spacial score (nSPS) is 17.6. The van der Waals surface area contributed by atoms with Gasteiger partial charge in [0.2, 0.25) is 15.9 Å². The second-order valence-electron chi connectivity index (χ2n) is 5.03. The quantitative estimate of drug-likeness (QED) is 0.916. The Balaban J connectivity index is 2.05. The Bertz CT molecular complexity index is 610. The van der Waals surface area contributed by atoms with Crippen LogP contribution in [0.2, 0.25) is 0 Å². The average molecular weight is 314 g/mol. The van der Waals surface area contributed by atoms with Crippen molar-refractivity contribution in [1.29, 1.82) is 0 Å². The Hall–Kier alpha value is -1.47. The van der Waals surface area contributed by atoms with Crippen molar-refractivity contribution < 1.29 is 17.6 Å². The summed E-state index contributed by atoms with van der Waals surface area (Å²) in [5.41, 5.74) is 0. The van der Waals surface area contributed by atoms with Gasteiger partial charge in [-0.15, -0.1) is 0 Å². The molecular weight excluding hydrogens is 295 g/mol. The van der Waals surface area contributed by atoms with E-state index in [0.717, 1.165) is 6.07 Å². The summed E-state index contributed by atoms with van der Waals surface area (Å²) in [5, 5.41) is 2.86. The fourth-order valence-electron chi connectivity index (χ4n) is 2.36. The molecule has 1 aromatic carbocycles. The average Bonchev–Trinajstić information content (AvgIpc) is 2.48. The fourth-order valence-corrected chi connectivity index (χ4v) is 3.90. The van der Waals surface area contributed by atoms with E-state index in [-0.39, 0.29) is 29.9 Å². The van der Waals surface area contributed by atoms with Crippen molar-refractivity contribution in [2.75, 3.05) is 13.1 Å². The van der Waals surface area contributed by atoms with Crippen LogP contribution >= 0.6 is 0 Å². The largest absolute Gasteiger partial charge is 0.353 e. The molecule has 7 heteroatoms. The summed E-state index contributed by atoms with van der Waals surface area (Å²) >= 11 is 0. The second kappa shape index (κ2) is 6.53. The zero-order valence-electron chi connectivity index (χ0n) is 11.9. The molecule has 5 nitrogen and oxygen atoms in total. The van der Waals surface area contributed by atoms with Gasteiger partial charge in [-0.3, -0.25) is 4.79 Å². The highest BCUT2D eigenvalue weighted by atomic mass is 32.2. The maximum atomic E-state index is 13.7. The molecule has 0 spiro atoms. The number of halogens is 1. The molecule has 0 aliphatic carbocycles. The monoisotopic (exact) mass is 314 g/mol. The van der Waals surface area contributed by atoms with Crippen LogP contribution in [-0.4, -0.2) is 37.8 Å². The van der Waals surface area contributed by atoms with Crippen LogP contribution in [0.3, 0.4) is 0 Å². The number of carbonyl (C=O) groups is 1. The Morgan fingerprint density at radius 2 is 1.95 bits per heavy atom. The smallest absolute Gasteiger partial charge is 0.245 e. The van der Waals surface area contributed by atoms with E-state index in [0.29, 0.717) is 19.3 Å². The molecule has 0 unspecified atom stereocenters. The van der Waals surface area contributed by atoms with Crippen molar-refractivity contribution in [2.45, 2.75) is 37.1 Å². The molecule has 1 amide bonds. The van der Waals surface area contributed by atoms with Gasteiger partial charge in [-0.25, -0.2) is 12.8 Å². The number of sulfonamides is 1. The van der Waals surface area contributed by atoms with E-state index in [1.807, 2.05) is 0 Å². The van der Waals surface area contributed by atoms with Crippen molar-refractivity contribution in [3.05, 3.63) is 30.1 Å². The van der Waals surface area contributed by atoms with E-state index >= 15 is 0 Å². The van der Waals surface area contributed by atoms with Crippen LogP contribution in [0, 0.1) is 5.82 Å². The van der Waals surface area contributed by atoms with Crippen molar-refractivity contribution in [1.82, 2.24) is 9.62 Å². The van der Waals surface area contributed by atoms with Gasteiger partial charge in [0, 0.05) is 25.6 Å². The molecule has 2 rings (SSSR count). The van der Waals surface area contributed by atoms with Crippen LogP contribution in [0.15, 0.2) is 29.2 Å². The van der Waals surface area contributed by atoms with Crippen molar-refractivity contribution in [2.24, 2.45) is 0 Å². The van der Waals surface area contributed by atoms with Crippen LogP contribution in [0.4, 0.5) is 4.39 Å². The van der Waals surface area contributed by atoms with E-state index in [1.165, 1.54) is 22.5 Å². The minimum atomic E-state index is -3.80. The summed E-state index contributed by atoms with van der Waals surface area (Å²) in [4.78, 5) is 11.0. The number of hydrogen-bond acceptors (Lipinski definition) is 3. The van der Waals surface area contributed by atoms with E-state index in [1.54, 1.807) is 6.92 Å². The standard InChI is InChI=1S/C14H19FN2O3S/c1-2-14(18)16-11-7-9-17(10-8-11)21(19,20)13-6-4-3-5-12(13)15/h3-6,11H,2,7-10H2,1H3,(H,16,18). The molecule has 1 aliphatic heterocycles. The number of rotatable bonds is 4. The van der Waals surface area contributed by atoms with Gasteiger partial charge in [0.05, 0.1) is 0 Å². The second-order valence-corrected chi connectivity index (χ2v) is 6.94. The van der Waals surface area contributed by atoms with Gasteiger partial charge in [0.25, 0.3) is 0 Å². The maximum Gasteiger partial charge on any atom is 0.245 e. The summed E-state index contributed by atoms with van der Waals surface area (Å²) < 4.78 is 39.7. The van der Waals surface area contributed by atoms with E-state index in [4.69, 9.17) is 0 Å². The van der Waals surface area contributed by atoms with Gasteiger partial charge in [-0.2, -0.15) is 4.31 Å². The van der Waals surface area contributed by atoms with Gasteiger partial charge >= 0.3 is 0 Å². The van der Waals surface area contributed by atoms with Crippen molar-refractivity contribution in [3.63, 3.8) is 0 Å². The summed E-state index contributed by atoms with van der Waals surface area (Å²) in [7, 11) is -3.80. The summed E-state index contributed by atoms with van der Waals surface area (Å²) in [5.74, 6) is -0.774. The first-order valence-electron chi connectivity index (χ1n) is 6.99. The minimum Gasteiger partial charge on any atom is -0.353 e. The van der Waals surface area contributed by atoms with Crippen molar-refractivity contribution in [3.8, 4) is 0 Å². The number of nitrogens with one attached hydrogen (secondary N) is 1. The van der Waals surface area contributed by atoms with Gasteiger partial charge in [-0.1, -0.05) is 19.1 Å². The summed E-state index contributed by atoms with van der Waals surface area (Å²) in [6.45, 7) is 2.34. The molecule has 1 saturated heterocycles. The molecule has 21 heavy (non-hydrogen) atoms. The zero-order valence-corrected chi connectivity index (χ0v) is 12.7. The molecule has 1 aromatic rings. The van der Waals surface area contributed by atoms with Crippen LogP contribution in [0.5, 0.6) is 0 Å². The van der Waals surface area contributed by atoms with E-state index < -0.39 is 15.8 Å². The number of amides is 1. The molecule has 0 atom stereocenters. The first-order chi connectivity index (χ1) is 9.95. The van der Waals surface area contributed by atoms with Gasteiger partial charge in [-0.05, 0) is 25.0 Å². The molecule has 1 fully saturated rings. The Kier molecular flexibility index (Phi) is 4.95. The number of benzene rings is 1. The number of piperidine rings is 1. The first kappa shape index (κ1) is 15.9. The Morgan fingerprint density at radius 3 is 2.52 bits per heavy atom. The number of carbonyl (C=O) groups excluding carboxylic acids is 1. The highest BCUT2D eigenvalue weighted by Gasteiger charge is 2.31. The molecule has 0 radical (unpaired) electrons. The Morgan fingerprint density at radius 1 is 1.33 bits per heavy atom. The van der Waals surface area contributed by atoms with Crippen LogP contribution in [0.1, 0.15) is 26.2 Å². The third-order valence-electron chi connectivity index (χ3n) is 3.59. The third kappa shape index (κ3) is 3.59. The lowest BCUT2D eigenvalue weighted by Gasteiger charge is -2.31. The lowest BCUT2D eigenvalue weighted by Crippen LogP contribution is -2.46. The predicted octanol–water partition coefficient (Wildman–Crippen LogP) is 1.51. The highest BCUT2D eigenvalue weighted by Crippen LogP contribution is 2.22. The van der Waals surface area contributed by atoms with Gasteiger partial charge in [0.1, 0.15) is 10.7 Å². The zero-order chi connectivity index (χ0) is 15.5. The fraction of sp³-hybridized carbons (Fsp3) is 0.500. The molecular formula is C14H19FN2O3S. The van der Waals surface area contributed by atoms with Crippen LogP contribution in [-0.2, 0) is 14.8 Å². The van der Waals surface area contributed by atoms with E-state index in [2.05, 4.69) is 5.32 Å². The number of hydrogen-bond donors (Lipinski definition) is 1. The summed E-state index contributed by atoms with van der Waals surface area (Å²) in [6.07, 6.45) is 1.49. The molecule has 1 N–H and O–H groups in total. The molecule has 116 valence electrons. The molecule has 1 heterocycles. The SMILES string of the molecule is CCC(=O)NC1CCN(S(=O)(=O)c2ccccc2F)CC1. The molecule has 0 saturated carbocycles. The van der Waals surface area contributed by atoms with Crippen molar-refractivity contribution >= 4 is 15.9 Å². The Labute approximate surface area is 124 Å². The van der Waals surface area contributed by atoms with E-state index in [9.17, 15) is 17.6 Å². The molecule has 0 bridgehead atoms. The van der Waals surface area contributed by atoms with Gasteiger partial charge < -0.3 is 5.32 Å². The molecule has 1 aliphatic rings. The topological polar surface area (TPSA) is 66.5 Å². The minimum absolute atomic E-state index is 0.00970. The highest BCUT2D eigenvalue weighted by molar-refractivity contribution is 7.89. The maximum absolute atomic E-state index is 13.7. The number of nitrogens with zero attached hydrogens (tertiary/aromatic N) is 1. The van der Waals surface area contributed by atoms with Crippen LogP contribution in [0.25, 0.3) is 0 Å². The predicted molar refractivity (Wildman–Crippen MR) is 76.6 cm³/mol. The lowest BCUT2D eigenvalue weighted by molar-refractivity contribution is -0.121. The lowest BCUT2D eigenvalue weighted by atomic mass is 10.1. The van der Waals surface area contributed by atoms with Crippen LogP contribution < -0.4 is 5.32 Å². The summed E-state index contributed by atoms with van der Waals surface area (Å²) in [6, 6.07) is 5.37. The third-order valence-corrected chi connectivity index (χ3v) is 5.53. The first-order valence-corrected chi connectivity index (χ1v) is 8.43.